The van der Waals surface area contributed by atoms with E-state index in [0.29, 0.717) is 6.17 Å². The number of hydrogen-bond acceptors (Lipinski definition) is 2. The first-order valence-electron chi connectivity index (χ1n) is 21.0. The van der Waals surface area contributed by atoms with E-state index in [4.69, 9.17) is 0 Å². The van der Waals surface area contributed by atoms with Gasteiger partial charge in [-0.3, -0.25) is 0 Å². The van der Waals surface area contributed by atoms with Gasteiger partial charge in [0.05, 0.1) is 0 Å². The highest BCUT2D eigenvalue weighted by atomic mass is 15.4. The van der Waals surface area contributed by atoms with E-state index in [1.807, 2.05) is 0 Å². The van der Waals surface area contributed by atoms with E-state index < -0.39 is 0 Å². The molecule has 0 bridgehead atoms. The van der Waals surface area contributed by atoms with Crippen LogP contribution in [0.4, 0.5) is 0 Å². The number of hydrogen-bond donors (Lipinski definition) is 0. The molecule has 1 aliphatic rings. The van der Waals surface area contributed by atoms with E-state index in [-0.39, 0.29) is 0 Å². The second kappa shape index (κ2) is 33.7. The molecular weight excluding hydrogens is 532 g/mol. The molecule has 2 heteroatoms. The Morgan fingerprint density at radius 3 is 0.705 bits per heavy atom. The fraction of sp³-hybridized carbons (Fsp3) is 0.952. The number of unbranched alkanes of at least 4 members (excludes halogenated alkanes) is 31. The van der Waals surface area contributed by atoms with Gasteiger partial charge < -0.3 is 9.80 Å². The van der Waals surface area contributed by atoms with Crippen molar-refractivity contribution in [1.29, 1.82) is 0 Å². The molecule has 0 aromatic carbocycles. The van der Waals surface area contributed by atoms with E-state index >= 15 is 0 Å². The zero-order valence-corrected chi connectivity index (χ0v) is 31.1. The van der Waals surface area contributed by atoms with Crippen LogP contribution in [0.15, 0.2) is 12.4 Å². The molecule has 262 valence electrons. The lowest BCUT2D eigenvalue weighted by molar-refractivity contribution is 0.144. The van der Waals surface area contributed by atoms with Crippen molar-refractivity contribution in [3.8, 4) is 0 Å². The van der Waals surface area contributed by atoms with Crippen LogP contribution in [0, 0.1) is 0 Å². The van der Waals surface area contributed by atoms with Gasteiger partial charge in [-0.25, -0.2) is 0 Å². The highest BCUT2D eigenvalue weighted by Crippen LogP contribution is 2.22. The minimum Gasteiger partial charge on any atom is -0.356 e. The monoisotopic (exact) mass is 617 g/mol. The lowest BCUT2D eigenvalue weighted by atomic mass is 10.0. The van der Waals surface area contributed by atoms with Crippen molar-refractivity contribution in [3.63, 3.8) is 0 Å². The Kier molecular flexibility index (Phi) is 31.7. The van der Waals surface area contributed by atoms with Crippen molar-refractivity contribution in [2.45, 2.75) is 245 Å². The highest BCUT2D eigenvalue weighted by Gasteiger charge is 2.23. The molecule has 0 saturated heterocycles. The molecule has 1 unspecified atom stereocenters. The quantitative estimate of drug-likeness (QED) is 0.0646. The zero-order chi connectivity index (χ0) is 31.6. The summed E-state index contributed by atoms with van der Waals surface area (Å²) in [4.78, 5) is 5.27. The fourth-order valence-electron chi connectivity index (χ4n) is 7.34. The van der Waals surface area contributed by atoms with Crippen molar-refractivity contribution in [1.82, 2.24) is 9.80 Å². The van der Waals surface area contributed by atoms with Crippen molar-refractivity contribution in [3.05, 3.63) is 12.4 Å². The molecule has 1 aliphatic heterocycles. The van der Waals surface area contributed by atoms with Gasteiger partial charge in [0.15, 0.2) is 0 Å². The normalized spacial score (nSPS) is 14.8. The predicted octanol–water partition coefficient (Wildman–Crippen LogP) is 14.7. The first kappa shape index (κ1) is 41.4. The van der Waals surface area contributed by atoms with E-state index in [0.717, 1.165) is 0 Å². The molecule has 0 aromatic heterocycles. The van der Waals surface area contributed by atoms with Crippen LogP contribution < -0.4 is 0 Å². The lowest BCUT2D eigenvalue weighted by Crippen LogP contribution is -2.38. The van der Waals surface area contributed by atoms with Crippen molar-refractivity contribution in [2.24, 2.45) is 0 Å². The van der Waals surface area contributed by atoms with Gasteiger partial charge in [-0.15, -0.1) is 0 Å². The third-order valence-electron chi connectivity index (χ3n) is 10.4. The van der Waals surface area contributed by atoms with Crippen LogP contribution in [-0.2, 0) is 0 Å². The minimum atomic E-state index is 0.618. The molecule has 0 aromatic rings. The molecular formula is C42H84N2. The minimum absolute atomic E-state index is 0.618. The smallest absolute Gasteiger partial charge is 0.100 e. The Bertz CT molecular complexity index is 572. The molecule has 0 aliphatic carbocycles. The fourth-order valence-corrected chi connectivity index (χ4v) is 7.34. The summed E-state index contributed by atoms with van der Waals surface area (Å²) in [6.07, 6.45) is 54.6. The molecule has 0 saturated carbocycles. The molecule has 1 heterocycles. The molecule has 1 atom stereocenters. The predicted molar refractivity (Wildman–Crippen MR) is 200 cm³/mol. The first-order valence-corrected chi connectivity index (χ1v) is 21.0. The van der Waals surface area contributed by atoms with Crippen molar-refractivity contribution < 1.29 is 0 Å². The Morgan fingerprint density at radius 2 is 0.500 bits per heavy atom. The third-order valence-corrected chi connectivity index (χ3v) is 10.4. The number of rotatable bonds is 36. The molecule has 1 rings (SSSR count). The van der Waals surface area contributed by atoms with E-state index in [9.17, 15) is 0 Å². The second-order valence-corrected chi connectivity index (χ2v) is 14.6. The van der Waals surface area contributed by atoms with Crippen LogP contribution in [0.2, 0.25) is 0 Å². The van der Waals surface area contributed by atoms with Crippen molar-refractivity contribution >= 4 is 0 Å². The SMILES string of the molecule is CCCCCCCCCCCCCCCCCCCN1C=CN(CCCCCCCCCCCCCCCCCC)C1CC. The first-order chi connectivity index (χ1) is 21.8. The van der Waals surface area contributed by atoms with Crippen LogP contribution in [0.5, 0.6) is 0 Å². The largest absolute Gasteiger partial charge is 0.356 e. The van der Waals surface area contributed by atoms with Crippen molar-refractivity contribution in [2.75, 3.05) is 13.1 Å². The van der Waals surface area contributed by atoms with Gasteiger partial charge in [0.25, 0.3) is 0 Å². The maximum absolute atomic E-state index is 2.64. The van der Waals surface area contributed by atoms with Gasteiger partial charge in [-0.1, -0.05) is 220 Å². The van der Waals surface area contributed by atoms with Crippen LogP contribution in [-0.4, -0.2) is 29.1 Å². The Balaban J connectivity index is 1.85. The van der Waals surface area contributed by atoms with Gasteiger partial charge in [0.2, 0.25) is 0 Å². The Hall–Kier alpha value is -0.660. The summed E-state index contributed by atoms with van der Waals surface area (Å²) < 4.78 is 0. The molecule has 2 nitrogen and oxygen atoms in total. The van der Waals surface area contributed by atoms with Crippen LogP contribution in [0.3, 0.4) is 0 Å². The van der Waals surface area contributed by atoms with Gasteiger partial charge in [-0.05, 0) is 19.3 Å². The summed E-state index contributed by atoms with van der Waals surface area (Å²) >= 11 is 0. The zero-order valence-electron chi connectivity index (χ0n) is 31.1. The van der Waals surface area contributed by atoms with E-state index in [1.54, 1.807) is 0 Å². The average molecular weight is 617 g/mol. The summed E-state index contributed by atoms with van der Waals surface area (Å²) in [6.45, 7) is 9.50. The highest BCUT2D eigenvalue weighted by molar-refractivity contribution is 4.96. The maximum Gasteiger partial charge on any atom is 0.100 e. The van der Waals surface area contributed by atoms with Gasteiger partial charge in [0.1, 0.15) is 6.17 Å². The van der Waals surface area contributed by atoms with E-state index in [2.05, 4.69) is 43.0 Å². The molecule has 0 N–H and O–H groups in total. The maximum atomic E-state index is 2.64. The topological polar surface area (TPSA) is 6.48 Å². The Morgan fingerprint density at radius 1 is 0.295 bits per heavy atom. The number of nitrogens with zero attached hydrogens (tertiary/aromatic N) is 2. The molecule has 44 heavy (non-hydrogen) atoms. The van der Waals surface area contributed by atoms with Gasteiger partial charge in [-0.2, -0.15) is 0 Å². The Labute approximate surface area is 280 Å². The molecule has 0 amide bonds. The molecule has 0 spiro atoms. The summed E-state index contributed by atoms with van der Waals surface area (Å²) in [7, 11) is 0. The van der Waals surface area contributed by atoms with E-state index in [1.165, 1.54) is 231 Å². The average Bonchev–Trinajstić information content (AvgIpc) is 3.43. The molecule has 0 radical (unpaired) electrons. The molecule has 0 fully saturated rings. The summed E-state index contributed by atoms with van der Waals surface area (Å²) in [5.41, 5.74) is 0. The second-order valence-electron chi connectivity index (χ2n) is 14.6. The van der Waals surface area contributed by atoms with Gasteiger partial charge >= 0.3 is 0 Å². The summed E-state index contributed by atoms with van der Waals surface area (Å²) in [5.74, 6) is 0. The van der Waals surface area contributed by atoms with Gasteiger partial charge in [0, 0.05) is 25.5 Å². The summed E-state index contributed by atoms with van der Waals surface area (Å²) in [5, 5.41) is 0. The summed E-state index contributed by atoms with van der Waals surface area (Å²) in [6, 6.07) is 0. The standard InChI is InChI=1S/C42H84N2/c1-4-7-9-11-13-15-17-19-21-23-25-27-29-31-33-35-37-39-44-41-40-43(42(44)6-3)38-36-34-32-30-28-26-24-22-20-18-16-14-12-10-8-5-2/h40-42H,4-39H2,1-3H3. The van der Waals surface area contributed by atoms with Crippen LogP contribution in [0.25, 0.3) is 0 Å². The lowest BCUT2D eigenvalue weighted by Gasteiger charge is -2.32. The third kappa shape index (κ3) is 25.5. The van der Waals surface area contributed by atoms with Crippen LogP contribution >= 0.6 is 0 Å². The van der Waals surface area contributed by atoms with Crippen LogP contribution in [0.1, 0.15) is 239 Å².